The monoisotopic (exact) mass is 104 g/mol. The summed E-state index contributed by atoms with van der Waals surface area (Å²) in [5.74, 6) is 10.1. The lowest BCUT2D eigenvalue weighted by Crippen LogP contribution is -3.17. The van der Waals surface area contributed by atoms with Gasteiger partial charge < -0.3 is 16.5 Å². The molecule has 0 aromatic rings. The molecule has 7 heavy (non-hydrogen) atoms. The molecule has 0 saturated heterocycles. The predicted octanol–water partition coefficient (Wildman–Crippen LogP) is -1.68. The number of nitrogens with one attached hydrogen (secondary N) is 1. The minimum atomic E-state index is 0.269. The van der Waals surface area contributed by atoms with Crippen molar-refractivity contribution in [2.45, 2.75) is 19.9 Å². The van der Waals surface area contributed by atoms with Crippen LogP contribution in [-0.4, -0.2) is 6.04 Å². The van der Waals surface area contributed by atoms with E-state index in [-0.39, 0.29) is 6.04 Å². The molecule has 0 aliphatic carbocycles. The smallest absolute Gasteiger partial charge is 0.0908 e. The van der Waals surface area contributed by atoms with E-state index >= 15 is 0 Å². The lowest BCUT2D eigenvalue weighted by Gasteiger charge is -2.24. The van der Waals surface area contributed by atoms with Crippen LogP contribution in [0.25, 0.3) is 5.53 Å². The summed E-state index contributed by atoms with van der Waals surface area (Å²) in [5, 5.41) is 0.500. The van der Waals surface area contributed by atoms with Crippen molar-refractivity contribution in [2.75, 3.05) is 0 Å². The molecule has 5 N–H and O–H groups in total. The summed E-state index contributed by atoms with van der Waals surface area (Å²) in [7, 11) is 0. The Kier molecular flexibility index (Phi) is 2.86. The van der Waals surface area contributed by atoms with Crippen LogP contribution in [0.4, 0.5) is 0 Å². The van der Waals surface area contributed by atoms with Crippen LogP contribution < -0.4 is 16.8 Å². The fourth-order valence-electron chi connectivity index (χ4n) is 0.149. The Hall–Kier alpha value is -0.160. The second-order valence-electron chi connectivity index (χ2n) is 1.71. The van der Waals surface area contributed by atoms with Crippen LogP contribution >= 0.6 is 0 Å². The van der Waals surface area contributed by atoms with Crippen molar-refractivity contribution in [3.63, 3.8) is 0 Å². The van der Waals surface area contributed by atoms with Crippen molar-refractivity contribution in [1.29, 1.82) is 0 Å². The summed E-state index contributed by atoms with van der Waals surface area (Å²) in [6, 6.07) is 0.269. The molecule has 0 bridgehead atoms. The number of rotatable bonds is 2. The maximum absolute atomic E-state index is 5.24. The quantitative estimate of drug-likeness (QED) is 0.289. The summed E-state index contributed by atoms with van der Waals surface area (Å²) in [5.41, 5.74) is 3.28. The van der Waals surface area contributed by atoms with Gasteiger partial charge in [-0.15, -0.1) is 0 Å². The Bertz CT molecular complexity index is 44.2. The fourth-order valence-corrected chi connectivity index (χ4v) is 0.149. The van der Waals surface area contributed by atoms with Gasteiger partial charge in [0.05, 0.1) is 6.04 Å². The highest BCUT2D eigenvalue weighted by molar-refractivity contribution is 4.35. The van der Waals surface area contributed by atoms with Gasteiger partial charge in [-0.3, -0.25) is 0 Å². The molecule has 44 valence electrons. The highest BCUT2D eigenvalue weighted by Gasteiger charge is 1.93. The lowest BCUT2D eigenvalue weighted by atomic mass is 10.4. The zero-order valence-corrected chi connectivity index (χ0v) is 4.68. The third-order valence-electron chi connectivity index (χ3n) is 0.741. The van der Waals surface area contributed by atoms with Crippen molar-refractivity contribution in [1.82, 2.24) is 0 Å². The van der Waals surface area contributed by atoms with Crippen LogP contribution in [0, 0.1) is 0 Å². The standard InChI is InChI=1S/C3H12N4/c1-3(2)7(5)6-4/h3,7H,4-5H2,1-2H3. The molecule has 0 radical (unpaired) electrons. The van der Waals surface area contributed by atoms with E-state index in [1.54, 1.807) is 0 Å². The van der Waals surface area contributed by atoms with Gasteiger partial charge in [0.1, 0.15) is 0 Å². The molecule has 0 fully saturated rings. The summed E-state index contributed by atoms with van der Waals surface area (Å²) < 4.78 is 0. The van der Waals surface area contributed by atoms with Crippen molar-refractivity contribution in [3.8, 4) is 0 Å². The first-order valence-corrected chi connectivity index (χ1v) is 2.21. The van der Waals surface area contributed by atoms with Crippen molar-refractivity contribution in [2.24, 2.45) is 11.7 Å². The van der Waals surface area contributed by atoms with E-state index in [9.17, 15) is 0 Å². The van der Waals surface area contributed by atoms with Gasteiger partial charge in [-0.05, 0) is 13.8 Å². The van der Waals surface area contributed by atoms with Gasteiger partial charge in [0, 0.05) is 0 Å². The van der Waals surface area contributed by atoms with Crippen LogP contribution in [0.1, 0.15) is 13.8 Å². The Balaban J connectivity index is 3.14. The molecule has 0 heterocycles. The molecular formula is C3H12N4. The molecule has 0 aliphatic heterocycles. The van der Waals surface area contributed by atoms with Gasteiger partial charge in [0.15, 0.2) is 0 Å². The molecule has 0 saturated carbocycles. The SMILES string of the molecule is CC(C)[NH+](N)[N-]N. The summed E-state index contributed by atoms with van der Waals surface area (Å²) in [6.07, 6.45) is 0. The van der Waals surface area contributed by atoms with Crippen LogP contribution in [0.15, 0.2) is 0 Å². The molecule has 4 heteroatoms. The molecule has 0 aliphatic rings. The van der Waals surface area contributed by atoms with E-state index in [4.69, 9.17) is 11.7 Å². The van der Waals surface area contributed by atoms with Crippen molar-refractivity contribution >= 4 is 0 Å². The van der Waals surface area contributed by atoms with E-state index in [0.717, 1.165) is 0 Å². The van der Waals surface area contributed by atoms with Gasteiger partial charge in [0.2, 0.25) is 0 Å². The molecule has 0 aromatic heterocycles. The van der Waals surface area contributed by atoms with E-state index < -0.39 is 0 Å². The van der Waals surface area contributed by atoms with Crippen molar-refractivity contribution < 1.29 is 5.12 Å². The van der Waals surface area contributed by atoms with Gasteiger partial charge in [0.25, 0.3) is 0 Å². The first-order chi connectivity index (χ1) is 3.18. The van der Waals surface area contributed by atoms with E-state index in [2.05, 4.69) is 5.53 Å². The van der Waals surface area contributed by atoms with Crippen LogP contribution in [0.5, 0.6) is 0 Å². The molecule has 0 amide bonds. The Morgan fingerprint density at radius 3 is 2.00 bits per heavy atom. The van der Waals surface area contributed by atoms with Crippen LogP contribution in [-0.2, 0) is 0 Å². The Labute approximate surface area is 43.4 Å². The second kappa shape index (κ2) is 2.92. The molecule has 0 spiro atoms. The number of hydrogen-bond acceptors (Lipinski definition) is 2. The minimum Gasteiger partial charge on any atom is -0.389 e. The third kappa shape index (κ3) is 2.52. The van der Waals surface area contributed by atoms with Gasteiger partial charge in [-0.1, -0.05) is 0 Å². The van der Waals surface area contributed by atoms with Gasteiger partial charge >= 0.3 is 0 Å². The van der Waals surface area contributed by atoms with Gasteiger partial charge in [-0.25, -0.2) is 0 Å². The summed E-state index contributed by atoms with van der Waals surface area (Å²) in [4.78, 5) is 0. The molecule has 1 unspecified atom stereocenters. The first kappa shape index (κ1) is 6.84. The third-order valence-corrected chi connectivity index (χ3v) is 0.741. The maximum Gasteiger partial charge on any atom is 0.0908 e. The molecular weight excluding hydrogens is 92.1 g/mol. The second-order valence-corrected chi connectivity index (χ2v) is 1.71. The Morgan fingerprint density at radius 2 is 2.00 bits per heavy atom. The highest BCUT2D eigenvalue weighted by Crippen LogP contribution is 1.62. The average molecular weight is 104 g/mol. The number of quaternary nitrogens is 1. The number of nitrogens with zero attached hydrogens (tertiary/aromatic N) is 1. The van der Waals surface area contributed by atoms with Gasteiger partial charge in [-0.2, -0.15) is 5.84 Å². The number of hydrogen-bond donors (Lipinski definition) is 3. The molecule has 4 nitrogen and oxygen atoms in total. The van der Waals surface area contributed by atoms with Crippen LogP contribution in [0.2, 0.25) is 0 Å². The highest BCUT2D eigenvalue weighted by atomic mass is 15.8. The number of nitrogens with two attached hydrogens (primary N) is 2. The van der Waals surface area contributed by atoms with Crippen LogP contribution in [0.3, 0.4) is 0 Å². The molecule has 1 atom stereocenters. The summed E-state index contributed by atoms with van der Waals surface area (Å²) in [6.45, 7) is 3.87. The normalized spacial score (nSPS) is 15.0. The Morgan fingerprint density at radius 1 is 1.57 bits per heavy atom. The van der Waals surface area contributed by atoms with Crippen molar-refractivity contribution in [3.05, 3.63) is 5.53 Å². The average Bonchev–Trinajstić information content (AvgIpc) is 1.65. The van der Waals surface area contributed by atoms with E-state index in [1.807, 2.05) is 13.8 Å². The molecule has 0 aromatic carbocycles. The first-order valence-electron chi connectivity index (χ1n) is 2.21. The summed E-state index contributed by atoms with van der Waals surface area (Å²) >= 11 is 0. The zero-order chi connectivity index (χ0) is 5.86. The minimum absolute atomic E-state index is 0.269. The van der Waals surface area contributed by atoms with E-state index in [0.29, 0.717) is 5.12 Å². The van der Waals surface area contributed by atoms with E-state index in [1.165, 1.54) is 0 Å². The predicted molar refractivity (Wildman–Crippen MR) is 27.8 cm³/mol. The largest absolute Gasteiger partial charge is 0.389 e. The maximum atomic E-state index is 5.24. The fraction of sp³-hybridized carbons (Fsp3) is 1.00. The lowest BCUT2D eigenvalue weighted by molar-refractivity contribution is -0.898. The zero-order valence-electron chi connectivity index (χ0n) is 4.68. The topological polar surface area (TPSA) is 70.6 Å². The molecule has 0 rings (SSSR count).